The third kappa shape index (κ3) is 5.95. The Kier molecular flexibility index (Phi) is 8.76. The zero-order valence-corrected chi connectivity index (χ0v) is 20.8. The predicted octanol–water partition coefficient (Wildman–Crippen LogP) is 2.98. The van der Waals surface area contributed by atoms with Gasteiger partial charge in [-0.2, -0.15) is 0 Å². The molecule has 1 fully saturated rings. The minimum absolute atomic E-state index is 0.0223. The smallest absolute Gasteiger partial charge is 0.265 e. The van der Waals surface area contributed by atoms with E-state index in [1.807, 2.05) is 24.3 Å². The summed E-state index contributed by atoms with van der Waals surface area (Å²) in [6.45, 7) is 2.40. The summed E-state index contributed by atoms with van der Waals surface area (Å²) in [4.78, 5) is 12.3. The standard InChI is InChI=1S/C25H33NO8S/c1-24(28,19-5-7-20(32-2)8-6-19)13-3-4-16-34-21-9-11-22(12-10-21)35(30,31)25(23(27)26-29)14-17-33-18-15-25/h5-12,28-29H,3-4,13-18H2,1-2H3,(H,26,27). The number of unbranched alkanes of at least 4 members (excludes halogenated alkanes) is 1. The molecule has 2 aromatic rings. The summed E-state index contributed by atoms with van der Waals surface area (Å²) in [6.07, 6.45) is 1.90. The molecule has 1 aliphatic heterocycles. The number of ether oxygens (including phenoxy) is 3. The maximum absolute atomic E-state index is 13.3. The van der Waals surface area contributed by atoms with Crippen LogP contribution < -0.4 is 15.0 Å². The number of carbonyl (C=O) groups is 1. The van der Waals surface area contributed by atoms with Crippen LogP contribution in [0.25, 0.3) is 0 Å². The van der Waals surface area contributed by atoms with E-state index < -0.39 is 26.1 Å². The van der Waals surface area contributed by atoms with Gasteiger partial charge in [0.1, 0.15) is 11.5 Å². The quantitative estimate of drug-likeness (QED) is 0.240. The fourth-order valence-corrected chi connectivity index (χ4v) is 6.16. The Morgan fingerprint density at radius 2 is 1.66 bits per heavy atom. The lowest BCUT2D eigenvalue weighted by Crippen LogP contribution is -2.54. The third-order valence-corrected chi connectivity index (χ3v) is 9.02. The van der Waals surface area contributed by atoms with Crippen molar-refractivity contribution in [3.05, 3.63) is 54.1 Å². The molecule has 1 heterocycles. The van der Waals surface area contributed by atoms with Gasteiger partial charge in [-0.25, -0.2) is 13.9 Å². The minimum Gasteiger partial charge on any atom is -0.497 e. The van der Waals surface area contributed by atoms with Crippen molar-refractivity contribution in [2.75, 3.05) is 26.9 Å². The Morgan fingerprint density at radius 3 is 2.23 bits per heavy atom. The average Bonchev–Trinajstić information content (AvgIpc) is 2.88. The maximum atomic E-state index is 13.3. The van der Waals surface area contributed by atoms with E-state index in [-0.39, 0.29) is 31.0 Å². The van der Waals surface area contributed by atoms with E-state index in [0.29, 0.717) is 25.2 Å². The Balaban J connectivity index is 1.54. The average molecular weight is 508 g/mol. The molecule has 3 rings (SSSR count). The van der Waals surface area contributed by atoms with Crippen LogP contribution in [0.4, 0.5) is 0 Å². The second-order valence-corrected chi connectivity index (χ2v) is 11.1. The van der Waals surface area contributed by atoms with Crippen molar-refractivity contribution in [3.8, 4) is 11.5 Å². The van der Waals surface area contributed by atoms with E-state index in [1.54, 1.807) is 26.2 Å². The number of aliphatic hydroxyl groups is 1. The van der Waals surface area contributed by atoms with Gasteiger partial charge in [0.05, 0.1) is 24.2 Å². The molecule has 0 aromatic heterocycles. The number of hydrogen-bond acceptors (Lipinski definition) is 8. The molecule has 1 amide bonds. The number of carbonyl (C=O) groups excluding carboxylic acids is 1. The van der Waals surface area contributed by atoms with Crippen LogP contribution in [0.1, 0.15) is 44.6 Å². The van der Waals surface area contributed by atoms with Crippen molar-refractivity contribution in [1.82, 2.24) is 5.48 Å². The molecule has 3 N–H and O–H groups in total. The summed E-state index contributed by atoms with van der Waals surface area (Å²) >= 11 is 0. The molecule has 10 heteroatoms. The number of hydroxylamine groups is 1. The van der Waals surface area contributed by atoms with Gasteiger partial charge in [0.25, 0.3) is 5.91 Å². The van der Waals surface area contributed by atoms with Gasteiger partial charge in [0.2, 0.25) is 0 Å². The monoisotopic (exact) mass is 507 g/mol. The van der Waals surface area contributed by atoms with Gasteiger partial charge < -0.3 is 19.3 Å². The first-order valence-electron chi connectivity index (χ1n) is 11.5. The number of hydrogen-bond donors (Lipinski definition) is 3. The van der Waals surface area contributed by atoms with Gasteiger partial charge in [-0.3, -0.25) is 10.0 Å². The molecular formula is C25H33NO8S. The number of amides is 1. The Morgan fingerprint density at radius 1 is 1.06 bits per heavy atom. The van der Waals surface area contributed by atoms with Crippen LogP contribution in [0.3, 0.4) is 0 Å². The van der Waals surface area contributed by atoms with Crippen LogP contribution in [0, 0.1) is 0 Å². The van der Waals surface area contributed by atoms with Crippen LogP contribution in [-0.4, -0.2) is 56.3 Å². The second kappa shape index (κ2) is 11.4. The maximum Gasteiger partial charge on any atom is 0.265 e. The van der Waals surface area contributed by atoms with E-state index in [1.165, 1.54) is 17.6 Å². The third-order valence-electron chi connectivity index (χ3n) is 6.50. The summed E-state index contributed by atoms with van der Waals surface area (Å²) < 4.78 is 40.9. The minimum atomic E-state index is -4.07. The van der Waals surface area contributed by atoms with Gasteiger partial charge in [-0.15, -0.1) is 0 Å². The molecule has 0 bridgehead atoms. The lowest BCUT2D eigenvalue weighted by Gasteiger charge is -2.34. The Bertz CT molecular complexity index is 1080. The van der Waals surface area contributed by atoms with Crippen molar-refractivity contribution in [1.29, 1.82) is 0 Å². The zero-order valence-electron chi connectivity index (χ0n) is 20.0. The summed E-state index contributed by atoms with van der Waals surface area (Å²) in [7, 11) is -2.48. The topological polar surface area (TPSA) is 131 Å². The van der Waals surface area contributed by atoms with Gasteiger partial charge in [0.15, 0.2) is 14.6 Å². The fraction of sp³-hybridized carbons (Fsp3) is 0.480. The molecular weight excluding hydrogens is 474 g/mol. The van der Waals surface area contributed by atoms with E-state index >= 15 is 0 Å². The van der Waals surface area contributed by atoms with Crippen molar-refractivity contribution < 1.29 is 37.7 Å². The van der Waals surface area contributed by atoms with Crippen LogP contribution in [0.2, 0.25) is 0 Å². The van der Waals surface area contributed by atoms with Crippen molar-refractivity contribution >= 4 is 15.7 Å². The first-order chi connectivity index (χ1) is 16.7. The van der Waals surface area contributed by atoms with Crippen LogP contribution in [-0.2, 0) is 25.0 Å². The van der Waals surface area contributed by atoms with Crippen molar-refractivity contribution in [2.45, 2.75) is 54.3 Å². The first kappa shape index (κ1) is 26.9. The summed E-state index contributed by atoms with van der Waals surface area (Å²) in [6, 6.07) is 13.2. The van der Waals surface area contributed by atoms with Gasteiger partial charge in [-0.05, 0) is 81.0 Å². The SMILES string of the molecule is COc1ccc(C(C)(O)CCCCOc2ccc(S(=O)(=O)C3(C(=O)NO)CCOCC3)cc2)cc1. The highest BCUT2D eigenvalue weighted by atomic mass is 32.2. The summed E-state index contributed by atoms with van der Waals surface area (Å²) in [5.74, 6) is 0.279. The zero-order chi connectivity index (χ0) is 25.5. The predicted molar refractivity (Wildman–Crippen MR) is 128 cm³/mol. The molecule has 0 spiro atoms. The molecule has 2 aromatic carbocycles. The largest absolute Gasteiger partial charge is 0.497 e. The highest BCUT2D eigenvalue weighted by Gasteiger charge is 2.52. The van der Waals surface area contributed by atoms with E-state index in [2.05, 4.69) is 0 Å². The number of sulfone groups is 1. The molecule has 9 nitrogen and oxygen atoms in total. The number of rotatable bonds is 11. The number of methoxy groups -OCH3 is 1. The highest BCUT2D eigenvalue weighted by molar-refractivity contribution is 7.93. The fourth-order valence-electron chi connectivity index (χ4n) is 4.22. The molecule has 1 unspecified atom stereocenters. The summed E-state index contributed by atoms with van der Waals surface area (Å²) in [5, 5.41) is 19.9. The first-order valence-corrected chi connectivity index (χ1v) is 13.0. The van der Waals surface area contributed by atoms with E-state index in [4.69, 9.17) is 19.4 Å². The lowest BCUT2D eigenvalue weighted by molar-refractivity contribution is -0.134. The van der Waals surface area contributed by atoms with Crippen LogP contribution in [0.5, 0.6) is 11.5 Å². The molecule has 1 atom stereocenters. The number of nitrogens with one attached hydrogen (secondary N) is 1. The van der Waals surface area contributed by atoms with Crippen molar-refractivity contribution in [3.63, 3.8) is 0 Å². The molecule has 0 aliphatic carbocycles. The van der Waals surface area contributed by atoms with Gasteiger partial charge in [0, 0.05) is 13.2 Å². The number of benzene rings is 2. The molecule has 192 valence electrons. The Hall–Kier alpha value is -2.66. The van der Waals surface area contributed by atoms with Crippen molar-refractivity contribution in [2.24, 2.45) is 0 Å². The van der Waals surface area contributed by atoms with E-state index in [9.17, 15) is 18.3 Å². The van der Waals surface area contributed by atoms with Crippen LogP contribution in [0.15, 0.2) is 53.4 Å². The van der Waals surface area contributed by atoms with E-state index in [0.717, 1.165) is 17.7 Å². The molecule has 35 heavy (non-hydrogen) atoms. The Labute approximate surface area is 205 Å². The normalized spacial score (nSPS) is 17.3. The molecule has 0 saturated carbocycles. The van der Waals surface area contributed by atoms with Gasteiger partial charge >= 0.3 is 0 Å². The summed E-state index contributed by atoms with van der Waals surface area (Å²) in [5.41, 5.74) is 1.35. The highest BCUT2D eigenvalue weighted by Crippen LogP contribution is 2.36. The molecule has 0 radical (unpaired) electrons. The lowest BCUT2D eigenvalue weighted by atomic mass is 9.90. The molecule has 1 aliphatic rings. The van der Waals surface area contributed by atoms with Crippen LogP contribution >= 0.6 is 0 Å². The second-order valence-electron chi connectivity index (χ2n) is 8.83. The molecule has 1 saturated heterocycles. The van der Waals surface area contributed by atoms with Gasteiger partial charge in [-0.1, -0.05) is 12.1 Å².